The number of fused-ring (bicyclic) bond motifs is 1. The van der Waals surface area contributed by atoms with Gasteiger partial charge in [0.2, 0.25) is 0 Å². The largest absolute Gasteiger partial charge is 0.395 e. The zero-order valence-corrected chi connectivity index (χ0v) is 14.3. The summed E-state index contributed by atoms with van der Waals surface area (Å²) < 4.78 is 2.22. The van der Waals surface area contributed by atoms with E-state index in [0.29, 0.717) is 6.42 Å². The number of benzene rings is 2. The molecule has 23 heavy (non-hydrogen) atoms. The molecule has 1 unspecified atom stereocenters. The maximum Gasteiger partial charge on any atom is 0.0838 e. The number of aromatic nitrogens is 1. The predicted octanol–water partition coefficient (Wildman–Crippen LogP) is 3.50. The molecule has 3 aromatic rings. The van der Waals surface area contributed by atoms with Gasteiger partial charge in [0.25, 0.3) is 0 Å². The molecule has 0 aliphatic rings. The van der Waals surface area contributed by atoms with Crippen molar-refractivity contribution in [3.8, 4) is 0 Å². The molecule has 0 fully saturated rings. The molecule has 0 saturated carbocycles. The molecular formula is C19H22N2OS. The molecule has 0 bridgehead atoms. The molecule has 0 spiro atoms. The smallest absolute Gasteiger partial charge is 0.0838 e. The molecule has 1 aromatic heterocycles. The van der Waals surface area contributed by atoms with Crippen LogP contribution in [-0.2, 0) is 13.5 Å². The quantitative estimate of drug-likeness (QED) is 0.754. The summed E-state index contributed by atoms with van der Waals surface area (Å²) in [5.41, 5.74) is 9.69. The van der Waals surface area contributed by atoms with Gasteiger partial charge in [-0.25, -0.2) is 0 Å². The van der Waals surface area contributed by atoms with Crippen LogP contribution in [0, 0.1) is 6.92 Å². The van der Waals surface area contributed by atoms with E-state index in [0.717, 1.165) is 0 Å². The second kappa shape index (κ2) is 6.79. The minimum absolute atomic E-state index is 0.00212. The number of hydrogen-bond donors (Lipinski definition) is 2. The molecule has 2 aromatic carbocycles. The highest BCUT2D eigenvalue weighted by atomic mass is 32.2. The standard InChI is InChI=1S/C19H22N2OS/c1-13-7-9-15(10-8-13)23-19-17(11-14(20)12-22)16-5-3-4-6-18(16)21(19)2/h3-10,14,22H,11-12,20H2,1-2H3. The predicted molar refractivity (Wildman–Crippen MR) is 97.0 cm³/mol. The minimum Gasteiger partial charge on any atom is -0.395 e. The Morgan fingerprint density at radius 3 is 2.52 bits per heavy atom. The van der Waals surface area contributed by atoms with Crippen LogP contribution in [0.3, 0.4) is 0 Å². The Labute approximate surface area is 141 Å². The number of rotatable bonds is 5. The van der Waals surface area contributed by atoms with Gasteiger partial charge in [-0.05, 0) is 37.1 Å². The van der Waals surface area contributed by atoms with Crippen LogP contribution in [0.1, 0.15) is 11.1 Å². The van der Waals surface area contributed by atoms with Crippen molar-refractivity contribution < 1.29 is 5.11 Å². The van der Waals surface area contributed by atoms with Crippen LogP contribution in [-0.4, -0.2) is 22.3 Å². The van der Waals surface area contributed by atoms with Crippen LogP contribution in [0.4, 0.5) is 0 Å². The molecule has 1 atom stereocenters. The van der Waals surface area contributed by atoms with Crippen molar-refractivity contribution >= 4 is 22.7 Å². The average molecular weight is 326 g/mol. The fraction of sp³-hybridized carbons (Fsp3) is 0.263. The van der Waals surface area contributed by atoms with Crippen LogP contribution in [0.15, 0.2) is 58.5 Å². The van der Waals surface area contributed by atoms with Crippen molar-refractivity contribution in [1.29, 1.82) is 0 Å². The first kappa shape index (κ1) is 16.1. The number of para-hydroxylation sites is 1. The van der Waals surface area contributed by atoms with Crippen LogP contribution in [0.25, 0.3) is 10.9 Å². The van der Waals surface area contributed by atoms with E-state index in [4.69, 9.17) is 5.73 Å². The number of nitrogens with two attached hydrogens (primary N) is 1. The minimum atomic E-state index is -0.238. The first-order chi connectivity index (χ1) is 11.1. The van der Waals surface area contributed by atoms with Crippen LogP contribution >= 0.6 is 11.8 Å². The van der Waals surface area contributed by atoms with Crippen LogP contribution in [0.2, 0.25) is 0 Å². The summed E-state index contributed by atoms with van der Waals surface area (Å²) in [5.74, 6) is 0. The molecule has 3 N–H and O–H groups in total. The Kier molecular flexibility index (Phi) is 4.76. The van der Waals surface area contributed by atoms with Gasteiger partial charge < -0.3 is 15.4 Å². The molecule has 0 aliphatic carbocycles. The third-order valence-electron chi connectivity index (χ3n) is 4.09. The van der Waals surface area contributed by atoms with Gasteiger partial charge in [-0.1, -0.05) is 47.7 Å². The Morgan fingerprint density at radius 2 is 1.83 bits per heavy atom. The van der Waals surface area contributed by atoms with Gasteiger partial charge in [-0.15, -0.1) is 0 Å². The first-order valence-corrected chi connectivity index (χ1v) is 8.59. The van der Waals surface area contributed by atoms with E-state index in [1.165, 1.54) is 32.0 Å². The summed E-state index contributed by atoms with van der Waals surface area (Å²) in [6.07, 6.45) is 0.673. The number of aliphatic hydroxyl groups excluding tert-OH is 1. The van der Waals surface area contributed by atoms with Crippen molar-refractivity contribution in [2.75, 3.05) is 6.61 Å². The Hall–Kier alpha value is -1.75. The van der Waals surface area contributed by atoms with Crippen molar-refractivity contribution in [2.24, 2.45) is 12.8 Å². The van der Waals surface area contributed by atoms with Gasteiger partial charge in [-0.3, -0.25) is 0 Å². The highest BCUT2D eigenvalue weighted by Gasteiger charge is 2.18. The van der Waals surface area contributed by atoms with Gasteiger partial charge >= 0.3 is 0 Å². The first-order valence-electron chi connectivity index (χ1n) is 7.77. The van der Waals surface area contributed by atoms with Crippen molar-refractivity contribution in [1.82, 2.24) is 4.57 Å². The molecule has 3 rings (SSSR count). The number of aliphatic hydroxyl groups is 1. The maximum atomic E-state index is 9.35. The topological polar surface area (TPSA) is 51.2 Å². The molecule has 0 amide bonds. The molecule has 0 aliphatic heterocycles. The Balaban J connectivity index is 2.08. The van der Waals surface area contributed by atoms with E-state index in [9.17, 15) is 5.11 Å². The van der Waals surface area contributed by atoms with Crippen LogP contribution < -0.4 is 5.73 Å². The van der Waals surface area contributed by atoms with Crippen molar-refractivity contribution in [2.45, 2.75) is 29.3 Å². The van der Waals surface area contributed by atoms with E-state index in [-0.39, 0.29) is 12.6 Å². The third-order valence-corrected chi connectivity index (χ3v) is 5.31. The van der Waals surface area contributed by atoms with E-state index in [2.05, 4.69) is 67.1 Å². The van der Waals surface area contributed by atoms with Crippen molar-refractivity contribution in [3.05, 3.63) is 59.7 Å². The second-order valence-corrected chi connectivity index (χ2v) is 6.98. The fourth-order valence-electron chi connectivity index (χ4n) is 2.82. The number of nitrogens with zero attached hydrogens (tertiary/aromatic N) is 1. The summed E-state index contributed by atoms with van der Waals surface area (Å²) in [4.78, 5) is 1.21. The highest BCUT2D eigenvalue weighted by Crippen LogP contribution is 2.37. The lowest BCUT2D eigenvalue weighted by atomic mass is 10.1. The molecule has 1 heterocycles. The zero-order valence-electron chi connectivity index (χ0n) is 13.5. The molecule has 0 radical (unpaired) electrons. The number of hydrogen-bond acceptors (Lipinski definition) is 3. The zero-order chi connectivity index (χ0) is 16.4. The van der Waals surface area contributed by atoms with Crippen molar-refractivity contribution in [3.63, 3.8) is 0 Å². The number of aryl methyl sites for hydroxylation is 2. The summed E-state index contributed by atoms with van der Waals surface area (Å²) in [6.45, 7) is 2.09. The summed E-state index contributed by atoms with van der Waals surface area (Å²) >= 11 is 1.75. The maximum absolute atomic E-state index is 9.35. The normalized spacial score (nSPS) is 12.7. The molecule has 0 saturated heterocycles. The lowest BCUT2D eigenvalue weighted by molar-refractivity contribution is 0.265. The van der Waals surface area contributed by atoms with Gasteiger partial charge in [0, 0.05) is 28.9 Å². The SMILES string of the molecule is Cc1ccc(Sc2c(CC(N)CO)c3ccccc3n2C)cc1. The Morgan fingerprint density at radius 1 is 1.13 bits per heavy atom. The molecule has 3 nitrogen and oxygen atoms in total. The van der Waals surface area contributed by atoms with Gasteiger partial charge in [0.05, 0.1) is 11.6 Å². The Bertz CT molecular complexity index is 808. The molecule has 4 heteroatoms. The average Bonchev–Trinajstić information content (AvgIpc) is 2.83. The van der Waals surface area contributed by atoms with E-state index < -0.39 is 0 Å². The van der Waals surface area contributed by atoms with Gasteiger partial charge in [0.15, 0.2) is 0 Å². The molecule has 120 valence electrons. The summed E-state index contributed by atoms with van der Waals surface area (Å²) in [7, 11) is 2.09. The van der Waals surface area contributed by atoms with Crippen LogP contribution in [0.5, 0.6) is 0 Å². The lowest BCUT2D eigenvalue weighted by Gasteiger charge is -2.11. The monoisotopic (exact) mass is 326 g/mol. The van der Waals surface area contributed by atoms with E-state index in [1.807, 2.05) is 0 Å². The van der Waals surface area contributed by atoms with Gasteiger partial charge in [-0.2, -0.15) is 0 Å². The summed E-state index contributed by atoms with van der Waals surface area (Å²) in [6, 6.07) is 16.7. The molecular weight excluding hydrogens is 304 g/mol. The lowest BCUT2D eigenvalue weighted by Crippen LogP contribution is -2.27. The highest BCUT2D eigenvalue weighted by molar-refractivity contribution is 7.99. The second-order valence-electron chi connectivity index (χ2n) is 5.92. The van der Waals surface area contributed by atoms with E-state index >= 15 is 0 Å². The van der Waals surface area contributed by atoms with Gasteiger partial charge in [0.1, 0.15) is 0 Å². The van der Waals surface area contributed by atoms with E-state index in [1.54, 1.807) is 11.8 Å². The summed E-state index contributed by atoms with van der Waals surface area (Å²) in [5, 5.41) is 11.8. The fourth-order valence-corrected chi connectivity index (χ4v) is 3.87. The third kappa shape index (κ3) is 3.29.